The van der Waals surface area contributed by atoms with Crippen LogP contribution >= 0.6 is 0 Å². The summed E-state index contributed by atoms with van der Waals surface area (Å²) in [6.45, 7) is 3.56. The summed E-state index contributed by atoms with van der Waals surface area (Å²) in [6, 6.07) is 2.05. The minimum Gasteiger partial charge on any atom is -0.352 e. The molecular weight excluding hydrogens is 368 g/mol. The third-order valence-corrected chi connectivity index (χ3v) is 4.83. The third-order valence-electron chi connectivity index (χ3n) is 4.83. The van der Waals surface area contributed by atoms with Crippen LogP contribution < -0.4 is 10.6 Å². The maximum absolute atomic E-state index is 13.9. The molecule has 8 nitrogen and oxygen atoms in total. The van der Waals surface area contributed by atoms with Gasteiger partial charge in [0.1, 0.15) is 23.5 Å². The number of halogens is 2. The number of carbonyl (C=O) groups is 1. The second kappa shape index (κ2) is 7.12. The van der Waals surface area contributed by atoms with Crippen LogP contribution in [0.25, 0.3) is 5.65 Å². The summed E-state index contributed by atoms with van der Waals surface area (Å²) in [7, 11) is 0. The third kappa shape index (κ3) is 3.15. The zero-order valence-electron chi connectivity index (χ0n) is 15.2. The molecular formula is C18H19F2N7O. The normalized spacial score (nSPS) is 15.9. The number of rotatable bonds is 3. The Morgan fingerprint density at radius 3 is 2.50 bits per heavy atom. The molecule has 0 bridgehead atoms. The number of anilines is 1. The second-order valence-electron chi connectivity index (χ2n) is 6.62. The van der Waals surface area contributed by atoms with Gasteiger partial charge >= 0.3 is 0 Å². The lowest BCUT2D eigenvalue weighted by atomic mass is 10.0. The van der Waals surface area contributed by atoms with E-state index in [4.69, 9.17) is 5.73 Å². The van der Waals surface area contributed by atoms with Crippen LogP contribution in [0.3, 0.4) is 0 Å². The highest BCUT2D eigenvalue weighted by molar-refractivity contribution is 5.83. The van der Waals surface area contributed by atoms with Gasteiger partial charge in [0.2, 0.25) is 5.91 Å². The highest BCUT2D eigenvalue weighted by atomic mass is 19.1. The van der Waals surface area contributed by atoms with Crippen LogP contribution in [0.2, 0.25) is 0 Å². The number of nitrogens with zero attached hydrogens (tertiary/aromatic N) is 6. The Hall–Kier alpha value is -3.14. The summed E-state index contributed by atoms with van der Waals surface area (Å²) in [5.74, 6) is -0.732. The van der Waals surface area contributed by atoms with Crippen LogP contribution in [0.5, 0.6) is 0 Å². The van der Waals surface area contributed by atoms with Crippen LogP contribution in [0.15, 0.2) is 30.6 Å². The molecule has 0 aliphatic carbocycles. The summed E-state index contributed by atoms with van der Waals surface area (Å²) in [5.41, 5.74) is 6.12. The van der Waals surface area contributed by atoms with Gasteiger partial charge in [-0.1, -0.05) is 6.07 Å². The van der Waals surface area contributed by atoms with Gasteiger partial charge in [0, 0.05) is 31.7 Å². The van der Waals surface area contributed by atoms with Gasteiger partial charge in [-0.15, -0.1) is 5.10 Å². The van der Waals surface area contributed by atoms with Gasteiger partial charge in [0.25, 0.3) is 0 Å². The van der Waals surface area contributed by atoms with E-state index >= 15 is 0 Å². The van der Waals surface area contributed by atoms with Crippen molar-refractivity contribution >= 4 is 17.4 Å². The van der Waals surface area contributed by atoms with E-state index in [2.05, 4.69) is 15.1 Å². The van der Waals surface area contributed by atoms with Crippen molar-refractivity contribution in [1.29, 1.82) is 0 Å². The average molecular weight is 387 g/mol. The molecule has 4 rings (SSSR count). The Morgan fingerprint density at radius 1 is 1.14 bits per heavy atom. The van der Waals surface area contributed by atoms with E-state index in [0.717, 1.165) is 18.0 Å². The molecule has 1 amide bonds. The monoisotopic (exact) mass is 387 g/mol. The Morgan fingerprint density at radius 2 is 1.82 bits per heavy atom. The Bertz CT molecular complexity index is 1010. The van der Waals surface area contributed by atoms with Crippen molar-refractivity contribution in [3.8, 4) is 0 Å². The number of hydrogen-bond donors (Lipinski definition) is 1. The van der Waals surface area contributed by atoms with E-state index in [9.17, 15) is 13.6 Å². The standard InChI is InChI=1S/C18H19F2N7O/c1-11-23-14-9-22-10-15(27(14)24-11)25-5-7-26(8-6-25)18(28)17(21)16-12(19)3-2-4-13(16)20/h2-4,9-10,17H,5-8,21H2,1H3. The lowest BCUT2D eigenvalue weighted by Gasteiger charge is -2.36. The highest BCUT2D eigenvalue weighted by Crippen LogP contribution is 2.22. The van der Waals surface area contributed by atoms with Crippen molar-refractivity contribution in [3.05, 3.63) is 53.6 Å². The van der Waals surface area contributed by atoms with Crippen molar-refractivity contribution in [3.63, 3.8) is 0 Å². The van der Waals surface area contributed by atoms with E-state index in [1.165, 1.54) is 11.0 Å². The molecule has 1 atom stereocenters. The summed E-state index contributed by atoms with van der Waals surface area (Å²) in [6.07, 6.45) is 3.32. The average Bonchev–Trinajstić information content (AvgIpc) is 3.07. The number of benzene rings is 1. The first-order valence-electron chi connectivity index (χ1n) is 8.86. The van der Waals surface area contributed by atoms with Crippen molar-refractivity contribution < 1.29 is 13.6 Å². The molecule has 2 N–H and O–H groups in total. The summed E-state index contributed by atoms with van der Waals surface area (Å²) in [4.78, 5) is 24.7. The smallest absolute Gasteiger partial charge is 0.244 e. The number of aryl methyl sites for hydroxylation is 1. The molecule has 3 aromatic rings. The Kier molecular flexibility index (Phi) is 4.63. The predicted molar refractivity (Wildman–Crippen MR) is 97.6 cm³/mol. The summed E-state index contributed by atoms with van der Waals surface area (Å²) >= 11 is 0. The number of carbonyl (C=O) groups excluding carboxylic acids is 1. The van der Waals surface area contributed by atoms with Crippen LogP contribution in [0.1, 0.15) is 17.4 Å². The van der Waals surface area contributed by atoms with Gasteiger partial charge in [0.15, 0.2) is 11.5 Å². The fourth-order valence-corrected chi connectivity index (χ4v) is 3.41. The van der Waals surface area contributed by atoms with Gasteiger partial charge in [-0.2, -0.15) is 4.52 Å². The molecule has 0 saturated carbocycles. The van der Waals surface area contributed by atoms with E-state index in [-0.39, 0.29) is 0 Å². The molecule has 3 heterocycles. The summed E-state index contributed by atoms with van der Waals surface area (Å²) < 4.78 is 29.6. The highest BCUT2D eigenvalue weighted by Gasteiger charge is 2.30. The van der Waals surface area contributed by atoms with Gasteiger partial charge in [-0.25, -0.2) is 13.8 Å². The SMILES string of the molecule is Cc1nc2cncc(N3CCN(C(=O)C(N)c4c(F)cccc4F)CC3)n2n1. The van der Waals surface area contributed by atoms with Crippen molar-refractivity contribution in [2.45, 2.75) is 13.0 Å². The molecule has 0 spiro atoms. The van der Waals surface area contributed by atoms with E-state index < -0.39 is 29.1 Å². The van der Waals surface area contributed by atoms with Gasteiger partial charge in [0.05, 0.1) is 12.4 Å². The first-order chi connectivity index (χ1) is 13.5. The van der Waals surface area contributed by atoms with E-state index in [0.29, 0.717) is 37.7 Å². The fourth-order valence-electron chi connectivity index (χ4n) is 3.41. The molecule has 1 aliphatic rings. The maximum Gasteiger partial charge on any atom is 0.244 e. The predicted octanol–water partition coefficient (Wildman–Crippen LogP) is 1.06. The van der Waals surface area contributed by atoms with E-state index in [1.807, 2.05) is 4.90 Å². The molecule has 28 heavy (non-hydrogen) atoms. The molecule has 0 radical (unpaired) electrons. The van der Waals surface area contributed by atoms with Crippen LogP contribution in [-0.2, 0) is 4.79 Å². The minimum absolute atomic E-state index is 0.368. The molecule has 10 heteroatoms. The first kappa shape index (κ1) is 18.2. The molecule has 2 aromatic heterocycles. The zero-order chi connectivity index (χ0) is 19.8. The molecule has 1 fully saturated rings. The topological polar surface area (TPSA) is 92.7 Å². The van der Waals surface area contributed by atoms with Crippen molar-refractivity contribution in [1.82, 2.24) is 24.5 Å². The van der Waals surface area contributed by atoms with Crippen molar-refractivity contribution in [2.24, 2.45) is 5.73 Å². The number of fused-ring (bicyclic) bond motifs is 1. The van der Waals surface area contributed by atoms with Gasteiger partial charge < -0.3 is 15.5 Å². The van der Waals surface area contributed by atoms with Crippen LogP contribution in [-0.4, -0.2) is 56.6 Å². The maximum atomic E-state index is 13.9. The van der Waals surface area contributed by atoms with Gasteiger partial charge in [-0.05, 0) is 19.1 Å². The van der Waals surface area contributed by atoms with Crippen LogP contribution in [0.4, 0.5) is 14.6 Å². The minimum atomic E-state index is -1.38. The first-order valence-corrected chi connectivity index (χ1v) is 8.86. The number of amides is 1. The van der Waals surface area contributed by atoms with Crippen molar-refractivity contribution in [2.75, 3.05) is 31.1 Å². The summed E-state index contributed by atoms with van der Waals surface area (Å²) in [5, 5.41) is 4.37. The lowest BCUT2D eigenvalue weighted by Crippen LogP contribution is -2.51. The quantitative estimate of drug-likeness (QED) is 0.723. The molecule has 1 saturated heterocycles. The van der Waals surface area contributed by atoms with Gasteiger partial charge in [-0.3, -0.25) is 9.78 Å². The molecule has 1 aliphatic heterocycles. The van der Waals surface area contributed by atoms with Crippen LogP contribution in [0, 0.1) is 18.6 Å². The fraction of sp³-hybridized carbons (Fsp3) is 0.333. The number of nitrogens with two attached hydrogens (primary N) is 1. The van der Waals surface area contributed by atoms with E-state index in [1.54, 1.807) is 23.8 Å². The molecule has 1 aromatic carbocycles. The molecule has 146 valence electrons. The number of aromatic nitrogens is 4. The second-order valence-corrected chi connectivity index (χ2v) is 6.62. The Labute approximate surface area is 159 Å². The largest absolute Gasteiger partial charge is 0.352 e. The number of hydrogen-bond acceptors (Lipinski definition) is 6. The Balaban J connectivity index is 1.48. The lowest BCUT2D eigenvalue weighted by molar-refractivity contribution is -0.133. The zero-order valence-corrected chi connectivity index (χ0v) is 15.2. The number of piperazine rings is 1. The molecule has 1 unspecified atom stereocenters.